The monoisotopic (exact) mass is 435 g/mol. The Morgan fingerprint density at radius 2 is 2.03 bits per heavy atom. The normalized spacial score (nSPS) is 15.5. The van der Waals surface area contributed by atoms with Crippen LogP contribution in [0.15, 0.2) is 41.1 Å². The largest absolute Gasteiger partial charge is 0.471 e. The Hall–Kier alpha value is -3.46. The van der Waals surface area contributed by atoms with Crippen LogP contribution >= 0.6 is 0 Å². The number of benzene rings is 1. The van der Waals surface area contributed by atoms with Crippen LogP contribution in [0.4, 0.5) is 24.5 Å². The Labute approximate surface area is 168 Å². The molecule has 0 N–H and O–H groups in total. The first-order valence-electron chi connectivity index (χ1n) is 8.54. The third kappa shape index (κ3) is 3.71. The lowest BCUT2D eigenvalue weighted by Gasteiger charge is -2.30. The molecule has 0 radical (unpaired) electrons. The lowest BCUT2D eigenvalue weighted by atomic mass is 10.1. The maximum Gasteiger partial charge on any atom is 0.471 e. The summed E-state index contributed by atoms with van der Waals surface area (Å²) >= 11 is 0. The van der Waals surface area contributed by atoms with E-state index in [0.717, 1.165) is 5.56 Å². The number of aryl methyl sites for hydroxylation is 1. The Bertz CT molecular complexity index is 1250. The molecule has 0 fully saturated rings. The van der Waals surface area contributed by atoms with E-state index in [2.05, 4.69) is 24.5 Å². The second-order valence-electron chi connectivity index (χ2n) is 6.46. The van der Waals surface area contributed by atoms with Gasteiger partial charge in [0.25, 0.3) is 0 Å². The van der Waals surface area contributed by atoms with Gasteiger partial charge in [0, 0.05) is 11.8 Å². The number of sulfonamides is 1. The summed E-state index contributed by atoms with van der Waals surface area (Å²) < 4.78 is 68.4. The summed E-state index contributed by atoms with van der Waals surface area (Å²) in [5, 5.41) is 3.29. The second-order valence-corrected chi connectivity index (χ2v) is 8.47. The van der Waals surface area contributed by atoms with Crippen LogP contribution in [0.25, 0.3) is 16.2 Å². The number of hydrogen-bond acceptors (Lipinski definition) is 6. The Morgan fingerprint density at radius 1 is 1.23 bits per heavy atom. The molecular weight excluding hydrogens is 423 g/mol. The molecule has 0 atom stereocenters. The van der Waals surface area contributed by atoms with Gasteiger partial charge in [-0.2, -0.15) is 18.2 Å². The van der Waals surface area contributed by atoms with E-state index in [-0.39, 0.29) is 23.7 Å². The Morgan fingerprint density at radius 3 is 2.67 bits per heavy atom. The molecule has 0 amide bonds. The van der Waals surface area contributed by atoms with E-state index in [1.807, 2.05) is 0 Å². The van der Waals surface area contributed by atoms with Gasteiger partial charge < -0.3 is 4.52 Å². The molecule has 1 aliphatic rings. The molecule has 3 aromatic rings. The molecule has 3 heterocycles. The average molecular weight is 435 g/mol. The third-order valence-corrected chi connectivity index (χ3v) is 6.20. The van der Waals surface area contributed by atoms with Gasteiger partial charge in [-0.3, -0.25) is 9.29 Å². The fourth-order valence-electron chi connectivity index (χ4n) is 3.02. The highest BCUT2D eigenvalue weighted by Crippen LogP contribution is 2.34. The van der Waals surface area contributed by atoms with Crippen molar-refractivity contribution in [2.75, 3.05) is 10.1 Å². The van der Waals surface area contributed by atoms with Gasteiger partial charge in [0.1, 0.15) is 0 Å². The first kappa shape index (κ1) is 19.8. The SMILES string of the molecule is [C-]#[N+]c1ccc2c(c1)CCS(=O)(=O)N2Cc1ccc(-c2noc(C(F)(F)F)n2)cn1. The molecule has 12 heteroatoms. The van der Waals surface area contributed by atoms with E-state index in [1.165, 1.54) is 22.6 Å². The Kier molecular flexibility index (Phi) is 4.70. The van der Waals surface area contributed by atoms with Crippen LogP contribution < -0.4 is 4.31 Å². The summed E-state index contributed by atoms with van der Waals surface area (Å²) in [7, 11) is -3.58. The maximum atomic E-state index is 12.6. The minimum absolute atomic E-state index is 0.0625. The van der Waals surface area contributed by atoms with Crippen molar-refractivity contribution in [2.24, 2.45) is 0 Å². The third-order valence-electron chi connectivity index (χ3n) is 4.48. The molecule has 4 rings (SSSR count). The van der Waals surface area contributed by atoms with Crippen molar-refractivity contribution in [2.45, 2.75) is 19.1 Å². The fraction of sp³-hybridized carbons (Fsp3) is 0.222. The number of nitrogens with zero attached hydrogens (tertiary/aromatic N) is 5. The lowest BCUT2D eigenvalue weighted by Crippen LogP contribution is -2.37. The molecule has 1 aromatic carbocycles. The van der Waals surface area contributed by atoms with E-state index in [4.69, 9.17) is 6.57 Å². The predicted octanol–water partition coefficient (Wildman–Crippen LogP) is 3.59. The van der Waals surface area contributed by atoms with Crippen molar-refractivity contribution in [3.8, 4) is 11.4 Å². The van der Waals surface area contributed by atoms with E-state index in [1.54, 1.807) is 18.2 Å². The quantitative estimate of drug-likeness (QED) is 0.584. The van der Waals surface area contributed by atoms with Gasteiger partial charge in [-0.15, -0.1) is 0 Å². The van der Waals surface area contributed by atoms with Crippen LogP contribution in [0.1, 0.15) is 17.1 Å². The van der Waals surface area contributed by atoms with Crippen molar-refractivity contribution in [1.29, 1.82) is 0 Å². The van der Waals surface area contributed by atoms with Crippen LogP contribution in [-0.2, 0) is 29.2 Å². The van der Waals surface area contributed by atoms with Crippen molar-refractivity contribution < 1.29 is 26.1 Å². The average Bonchev–Trinajstić information content (AvgIpc) is 3.21. The standard InChI is InChI=1S/C18H12F3N5O3S/c1-22-13-4-5-15-11(8-13)6-7-30(27,28)26(15)10-14-3-2-12(9-23-14)16-24-17(29-25-16)18(19,20)21/h2-5,8-9H,6-7,10H2. The minimum atomic E-state index is -4.75. The molecule has 30 heavy (non-hydrogen) atoms. The molecule has 0 spiro atoms. The molecule has 0 saturated carbocycles. The zero-order valence-corrected chi connectivity index (χ0v) is 15.9. The van der Waals surface area contributed by atoms with Gasteiger partial charge in [-0.05, 0) is 30.2 Å². The number of hydrogen-bond donors (Lipinski definition) is 0. The highest BCUT2D eigenvalue weighted by atomic mass is 32.2. The predicted molar refractivity (Wildman–Crippen MR) is 98.9 cm³/mol. The fourth-order valence-corrected chi connectivity index (χ4v) is 4.53. The number of aromatic nitrogens is 3. The summed E-state index contributed by atoms with van der Waals surface area (Å²) in [5.41, 5.74) is 2.23. The summed E-state index contributed by atoms with van der Waals surface area (Å²) in [5.74, 6) is -1.83. The molecule has 0 unspecified atom stereocenters. The summed E-state index contributed by atoms with van der Waals surface area (Å²) in [6.45, 7) is 7.04. The molecule has 0 saturated heterocycles. The van der Waals surface area contributed by atoms with Crippen molar-refractivity contribution in [1.82, 2.24) is 15.1 Å². The van der Waals surface area contributed by atoms with Crippen molar-refractivity contribution >= 4 is 21.4 Å². The molecular formula is C18H12F3N5O3S. The first-order valence-corrected chi connectivity index (χ1v) is 10.2. The number of alkyl halides is 3. The van der Waals surface area contributed by atoms with Crippen LogP contribution in [0.5, 0.6) is 0 Å². The van der Waals surface area contributed by atoms with E-state index >= 15 is 0 Å². The smallest absolute Gasteiger partial charge is 0.329 e. The maximum absolute atomic E-state index is 12.6. The topological polar surface area (TPSA) is 93.6 Å². The lowest BCUT2D eigenvalue weighted by molar-refractivity contribution is -0.159. The number of halogens is 3. The van der Waals surface area contributed by atoms with Crippen LogP contribution in [-0.4, -0.2) is 29.3 Å². The molecule has 2 aromatic heterocycles. The summed E-state index contributed by atoms with van der Waals surface area (Å²) in [6.07, 6.45) is -3.19. The summed E-state index contributed by atoms with van der Waals surface area (Å²) in [4.78, 5) is 10.8. The van der Waals surface area contributed by atoms with Crippen molar-refractivity contribution in [3.63, 3.8) is 0 Å². The highest BCUT2D eigenvalue weighted by Gasteiger charge is 2.38. The van der Waals surface area contributed by atoms with Gasteiger partial charge in [0.2, 0.25) is 15.8 Å². The number of pyridine rings is 1. The van der Waals surface area contributed by atoms with E-state index in [9.17, 15) is 21.6 Å². The zero-order chi connectivity index (χ0) is 21.5. The van der Waals surface area contributed by atoms with Gasteiger partial charge in [0.15, 0.2) is 5.69 Å². The zero-order valence-electron chi connectivity index (χ0n) is 15.1. The molecule has 8 nitrogen and oxygen atoms in total. The van der Waals surface area contributed by atoms with Crippen LogP contribution in [0.2, 0.25) is 0 Å². The van der Waals surface area contributed by atoms with Gasteiger partial charge in [0.05, 0.1) is 30.3 Å². The van der Waals surface area contributed by atoms with E-state index < -0.39 is 22.1 Å². The Balaban J connectivity index is 1.60. The minimum Gasteiger partial charge on any atom is -0.329 e. The molecule has 1 aliphatic heterocycles. The van der Waals surface area contributed by atoms with Gasteiger partial charge >= 0.3 is 12.1 Å². The second kappa shape index (κ2) is 7.10. The number of fused-ring (bicyclic) bond motifs is 1. The van der Waals surface area contributed by atoms with Gasteiger partial charge in [-0.25, -0.2) is 13.3 Å². The summed E-state index contributed by atoms with van der Waals surface area (Å²) in [6, 6.07) is 7.72. The number of rotatable bonds is 3. The van der Waals surface area contributed by atoms with Crippen molar-refractivity contribution in [3.05, 3.63) is 65.1 Å². The van der Waals surface area contributed by atoms with E-state index in [0.29, 0.717) is 23.5 Å². The molecule has 0 aliphatic carbocycles. The molecule has 154 valence electrons. The number of anilines is 1. The molecule has 0 bridgehead atoms. The van der Waals surface area contributed by atoms with Gasteiger partial charge in [-0.1, -0.05) is 17.3 Å². The van der Waals surface area contributed by atoms with Crippen LogP contribution in [0, 0.1) is 6.57 Å². The van der Waals surface area contributed by atoms with Crippen LogP contribution in [0.3, 0.4) is 0 Å². The first-order chi connectivity index (χ1) is 14.2. The highest BCUT2D eigenvalue weighted by molar-refractivity contribution is 7.92.